The van der Waals surface area contributed by atoms with Crippen LogP contribution in [0.1, 0.15) is 13.3 Å². The molecule has 0 rings (SSSR count). The van der Waals surface area contributed by atoms with Gasteiger partial charge in [-0.15, -0.1) is 10.1 Å². The fourth-order valence-corrected chi connectivity index (χ4v) is 0.497. The van der Waals surface area contributed by atoms with Crippen LogP contribution in [0.5, 0.6) is 0 Å². The first-order chi connectivity index (χ1) is 4.70. The van der Waals surface area contributed by atoms with Crippen LogP contribution in [-0.4, -0.2) is 24.9 Å². The highest BCUT2D eigenvalue weighted by Crippen LogP contribution is 1.95. The molecule has 10 heavy (non-hydrogen) atoms. The molecule has 0 aromatic heterocycles. The van der Waals surface area contributed by atoms with Gasteiger partial charge >= 0.3 is 0 Å². The topological polar surface area (TPSA) is 61.6 Å². The molecule has 5 heteroatoms. The van der Waals surface area contributed by atoms with Gasteiger partial charge in [-0.3, -0.25) is 0 Å². The first-order valence-electron chi connectivity index (χ1n) is 3.00. The van der Waals surface area contributed by atoms with Crippen molar-refractivity contribution in [3.8, 4) is 0 Å². The molecule has 0 radical (unpaired) electrons. The largest absolute Gasteiger partial charge is 0.379 e. The van der Waals surface area contributed by atoms with Crippen LogP contribution in [-0.2, 0) is 9.57 Å². The Labute approximate surface area is 59.0 Å². The van der Waals surface area contributed by atoms with E-state index in [2.05, 4.69) is 4.84 Å². The summed E-state index contributed by atoms with van der Waals surface area (Å²) >= 11 is 0. The first-order valence-corrected chi connectivity index (χ1v) is 3.00. The lowest BCUT2D eigenvalue weighted by Crippen LogP contribution is -2.19. The second-order valence-corrected chi connectivity index (χ2v) is 1.79. The van der Waals surface area contributed by atoms with Crippen LogP contribution in [0.25, 0.3) is 0 Å². The van der Waals surface area contributed by atoms with Crippen molar-refractivity contribution >= 4 is 0 Å². The average molecular weight is 149 g/mol. The van der Waals surface area contributed by atoms with Crippen molar-refractivity contribution < 1.29 is 14.7 Å². The predicted molar refractivity (Wildman–Crippen MR) is 34.0 cm³/mol. The van der Waals surface area contributed by atoms with E-state index in [4.69, 9.17) is 4.74 Å². The van der Waals surface area contributed by atoms with E-state index in [0.717, 1.165) is 0 Å². The predicted octanol–water partition coefficient (Wildman–Crippen LogP) is 0.620. The van der Waals surface area contributed by atoms with Crippen molar-refractivity contribution in [1.29, 1.82) is 0 Å². The second-order valence-electron chi connectivity index (χ2n) is 1.79. The summed E-state index contributed by atoms with van der Waals surface area (Å²) in [4.78, 5) is 13.7. The Bertz CT molecular complexity index is 102. The summed E-state index contributed by atoms with van der Waals surface area (Å²) in [5.41, 5.74) is 0. The molecule has 5 nitrogen and oxygen atoms in total. The molecule has 0 aliphatic rings. The molecule has 0 spiro atoms. The van der Waals surface area contributed by atoms with Crippen molar-refractivity contribution in [2.75, 3.05) is 13.7 Å². The zero-order valence-electron chi connectivity index (χ0n) is 6.07. The van der Waals surface area contributed by atoms with Gasteiger partial charge in [-0.1, -0.05) is 6.92 Å². The van der Waals surface area contributed by atoms with Gasteiger partial charge in [0.25, 0.3) is 5.09 Å². The lowest BCUT2D eigenvalue weighted by molar-refractivity contribution is -0.759. The third-order valence-corrected chi connectivity index (χ3v) is 1.15. The maximum absolute atomic E-state index is 9.66. The smallest absolute Gasteiger partial charge is 0.294 e. The third kappa shape index (κ3) is 4.08. The zero-order chi connectivity index (χ0) is 7.98. The van der Waals surface area contributed by atoms with Crippen LogP contribution in [0.2, 0.25) is 0 Å². The molecule has 0 amide bonds. The Morgan fingerprint density at radius 1 is 1.70 bits per heavy atom. The Hall–Kier alpha value is -0.840. The van der Waals surface area contributed by atoms with Crippen molar-refractivity contribution in [3.05, 3.63) is 10.1 Å². The van der Waals surface area contributed by atoms with E-state index in [0.29, 0.717) is 6.42 Å². The Kier molecular flexibility index (Phi) is 4.57. The van der Waals surface area contributed by atoms with Gasteiger partial charge in [-0.2, -0.15) is 0 Å². The van der Waals surface area contributed by atoms with Crippen LogP contribution in [0, 0.1) is 10.1 Å². The monoisotopic (exact) mass is 149 g/mol. The normalized spacial score (nSPS) is 12.6. The van der Waals surface area contributed by atoms with Crippen LogP contribution in [0.15, 0.2) is 0 Å². The van der Waals surface area contributed by atoms with E-state index in [1.54, 1.807) is 0 Å². The minimum absolute atomic E-state index is 0.0139. The molecule has 60 valence electrons. The summed E-state index contributed by atoms with van der Waals surface area (Å²) in [6, 6.07) is 0. The van der Waals surface area contributed by atoms with Gasteiger partial charge in [0, 0.05) is 7.11 Å². The van der Waals surface area contributed by atoms with E-state index in [-0.39, 0.29) is 12.7 Å². The molecule has 1 unspecified atom stereocenters. The van der Waals surface area contributed by atoms with Crippen molar-refractivity contribution in [3.63, 3.8) is 0 Å². The summed E-state index contributed by atoms with van der Waals surface area (Å²) in [5, 5.41) is 8.85. The molecule has 0 aliphatic carbocycles. The van der Waals surface area contributed by atoms with E-state index in [1.807, 2.05) is 6.92 Å². The average Bonchev–Trinajstić information content (AvgIpc) is 1.90. The standard InChI is InChI=1S/C5H11NO4/c1-3-5(9-2)4-10-6(7)8/h5H,3-4H2,1-2H3. The summed E-state index contributed by atoms with van der Waals surface area (Å²) < 4.78 is 4.82. The molecule has 0 aromatic carbocycles. The highest BCUT2D eigenvalue weighted by molar-refractivity contribution is 4.48. The van der Waals surface area contributed by atoms with E-state index < -0.39 is 5.09 Å². The minimum atomic E-state index is -0.818. The van der Waals surface area contributed by atoms with Gasteiger partial charge in [-0.25, -0.2) is 0 Å². The number of methoxy groups -OCH3 is 1. The molecule has 0 saturated carbocycles. The van der Waals surface area contributed by atoms with Gasteiger partial charge in [0.05, 0.1) is 6.10 Å². The van der Waals surface area contributed by atoms with Crippen molar-refractivity contribution in [2.24, 2.45) is 0 Å². The number of hydrogen-bond donors (Lipinski definition) is 0. The number of ether oxygens (including phenoxy) is 1. The number of nitrogens with zero attached hydrogens (tertiary/aromatic N) is 1. The number of hydrogen-bond acceptors (Lipinski definition) is 4. The molecule has 0 fully saturated rings. The fraction of sp³-hybridized carbons (Fsp3) is 1.00. The van der Waals surface area contributed by atoms with Crippen LogP contribution < -0.4 is 0 Å². The van der Waals surface area contributed by atoms with Gasteiger partial charge in [0.1, 0.15) is 6.61 Å². The second kappa shape index (κ2) is 4.99. The van der Waals surface area contributed by atoms with Crippen LogP contribution in [0.3, 0.4) is 0 Å². The maximum atomic E-state index is 9.66. The van der Waals surface area contributed by atoms with Crippen molar-refractivity contribution in [2.45, 2.75) is 19.4 Å². The number of rotatable bonds is 5. The molecule has 1 atom stereocenters. The molecular formula is C5H11NO4. The van der Waals surface area contributed by atoms with Crippen LogP contribution in [0.4, 0.5) is 0 Å². The highest BCUT2D eigenvalue weighted by atomic mass is 17.0. The third-order valence-electron chi connectivity index (χ3n) is 1.15. The zero-order valence-corrected chi connectivity index (χ0v) is 6.07. The molecule has 0 bridgehead atoms. The summed E-state index contributed by atoms with van der Waals surface area (Å²) in [6.07, 6.45) is 0.537. The Morgan fingerprint density at radius 2 is 2.30 bits per heavy atom. The molecule has 0 aromatic rings. The van der Waals surface area contributed by atoms with Crippen molar-refractivity contribution in [1.82, 2.24) is 0 Å². The van der Waals surface area contributed by atoms with Gasteiger partial charge in [-0.05, 0) is 6.42 Å². The maximum Gasteiger partial charge on any atom is 0.294 e. The summed E-state index contributed by atoms with van der Waals surface area (Å²) in [6.45, 7) is 1.89. The van der Waals surface area contributed by atoms with E-state index >= 15 is 0 Å². The molecule has 0 N–H and O–H groups in total. The quantitative estimate of drug-likeness (QED) is 0.424. The van der Waals surface area contributed by atoms with Gasteiger partial charge in [0.15, 0.2) is 0 Å². The molecule has 0 aliphatic heterocycles. The van der Waals surface area contributed by atoms with E-state index in [1.165, 1.54) is 7.11 Å². The van der Waals surface area contributed by atoms with E-state index in [9.17, 15) is 10.1 Å². The summed E-state index contributed by atoms with van der Waals surface area (Å²) in [5.74, 6) is 0. The van der Waals surface area contributed by atoms with Gasteiger partial charge in [0.2, 0.25) is 0 Å². The lowest BCUT2D eigenvalue weighted by Gasteiger charge is -2.09. The summed E-state index contributed by atoms with van der Waals surface area (Å²) in [7, 11) is 1.50. The molecule has 0 heterocycles. The van der Waals surface area contributed by atoms with Gasteiger partial charge < -0.3 is 9.57 Å². The highest BCUT2D eigenvalue weighted by Gasteiger charge is 2.05. The Balaban J connectivity index is 3.34. The van der Waals surface area contributed by atoms with Crippen LogP contribution >= 0.6 is 0 Å². The fourth-order valence-electron chi connectivity index (χ4n) is 0.497. The Morgan fingerprint density at radius 3 is 2.60 bits per heavy atom. The lowest BCUT2D eigenvalue weighted by atomic mass is 10.3. The minimum Gasteiger partial charge on any atom is -0.379 e. The molecular weight excluding hydrogens is 138 g/mol. The molecule has 0 saturated heterocycles. The first kappa shape index (κ1) is 9.16. The SMILES string of the molecule is CCC(CO[N+](=O)[O-])OC.